The van der Waals surface area contributed by atoms with Gasteiger partial charge < -0.3 is 9.47 Å². The van der Waals surface area contributed by atoms with E-state index in [1.54, 1.807) is 18.4 Å². The number of nitrogens with zero attached hydrogens (tertiary/aromatic N) is 3. The Hall–Kier alpha value is -2.41. The van der Waals surface area contributed by atoms with Gasteiger partial charge in [0.15, 0.2) is 0 Å². The first-order chi connectivity index (χ1) is 14.8. The summed E-state index contributed by atoms with van der Waals surface area (Å²) in [5.41, 5.74) is 5.08. The van der Waals surface area contributed by atoms with Crippen molar-refractivity contribution < 1.29 is 9.47 Å². The van der Waals surface area contributed by atoms with E-state index in [1.807, 2.05) is 12.1 Å². The minimum Gasteiger partial charge on any atom is -0.497 e. The van der Waals surface area contributed by atoms with E-state index >= 15 is 0 Å². The highest BCUT2D eigenvalue weighted by molar-refractivity contribution is 7.13. The second-order valence-corrected chi connectivity index (χ2v) is 8.82. The standard InChI is InChI=1S/C24H27N3O2S/c1-28-22-5-3-19(4-6-22)24-25-21(17-30-24)16-27-11-9-26(10-12-27)15-18-2-7-23-20(14-18)8-13-29-23/h2-7,14,17H,8-13,15-16H2,1H3. The lowest BCUT2D eigenvalue weighted by molar-refractivity contribution is 0.121. The molecular formula is C24H27N3O2S. The molecule has 2 aliphatic heterocycles. The molecular weight excluding hydrogens is 394 g/mol. The molecule has 3 aromatic rings. The number of aromatic nitrogens is 1. The summed E-state index contributed by atoms with van der Waals surface area (Å²) in [6.07, 6.45) is 1.04. The van der Waals surface area contributed by atoms with Crippen LogP contribution < -0.4 is 9.47 Å². The number of ether oxygens (including phenoxy) is 2. The van der Waals surface area contributed by atoms with E-state index in [4.69, 9.17) is 14.5 Å². The van der Waals surface area contributed by atoms with Gasteiger partial charge in [0.05, 0.1) is 19.4 Å². The van der Waals surface area contributed by atoms with E-state index in [0.717, 1.165) is 80.1 Å². The molecule has 0 aliphatic carbocycles. The van der Waals surface area contributed by atoms with Crippen molar-refractivity contribution in [3.8, 4) is 22.1 Å². The Morgan fingerprint density at radius 1 is 1.00 bits per heavy atom. The van der Waals surface area contributed by atoms with E-state index < -0.39 is 0 Å². The number of benzene rings is 2. The highest BCUT2D eigenvalue weighted by Gasteiger charge is 2.19. The van der Waals surface area contributed by atoms with E-state index in [9.17, 15) is 0 Å². The maximum atomic E-state index is 5.62. The lowest BCUT2D eigenvalue weighted by atomic mass is 10.1. The third-order valence-corrected chi connectivity index (χ3v) is 6.84. The van der Waals surface area contributed by atoms with Gasteiger partial charge in [0, 0.05) is 56.6 Å². The Balaban J connectivity index is 1.13. The number of piperazine rings is 1. The molecule has 5 nitrogen and oxygen atoms in total. The summed E-state index contributed by atoms with van der Waals surface area (Å²) in [7, 11) is 1.69. The zero-order chi connectivity index (χ0) is 20.3. The molecule has 30 heavy (non-hydrogen) atoms. The number of thiazole rings is 1. The Morgan fingerprint density at radius 2 is 1.77 bits per heavy atom. The number of hydrogen-bond acceptors (Lipinski definition) is 6. The summed E-state index contributed by atoms with van der Waals surface area (Å²) in [5, 5.41) is 3.27. The summed E-state index contributed by atoms with van der Waals surface area (Å²) in [6.45, 7) is 7.16. The van der Waals surface area contributed by atoms with Crippen molar-refractivity contribution in [3.05, 3.63) is 64.7 Å². The molecule has 5 rings (SSSR count). The maximum Gasteiger partial charge on any atom is 0.123 e. The van der Waals surface area contributed by atoms with E-state index in [0.29, 0.717) is 0 Å². The highest BCUT2D eigenvalue weighted by atomic mass is 32.1. The third-order valence-electron chi connectivity index (χ3n) is 5.90. The van der Waals surface area contributed by atoms with Gasteiger partial charge in [-0.15, -0.1) is 11.3 Å². The fourth-order valence-electron chi connectivity index (χ4n) is 4.18. The second kappa shape index (κ2) is 8.76. The molecule has 1 aromatic heterocycles. The number of fused-ring (bicyclic) bond motifs is 1. The van der Waals surface area contributed by atoms with Crippen molar-refractivity contribution >= 4 is 11.3 Å². The number of hydrogen-bond donors (Lipinski definition) is 0. The molecule has 0 unspecified atom stereocenters. The minimum absolute atomic E-state index is 0.828. The maximum absolute atomic E-state index is 5.62. The zero-order valence-corrected chi connectivity index (χ0v) is 18.2. The molecule has 3 heterocycles. The normalized spacial score (nSPS) is 17.0. The quantitative estimate of drug-likeness (QED) is 0.600. The molecule has 2 aromatic carbocycles. The van der Waals surface area contributed by atoms with Gasteiger partial charge in [-0.25, -0.2) is 4.98 Å². The molecule has 0 spiro atoms. The summed E-state index contributed by atoms with van der Waals surface area (Å²) >= 11 is 1.72. The van der Waals surface area contributed by atoms with E-state index in [2.05, 4.69) is 45.5 Å². The SMILES string of the molecule is COc1ccc(-c2nc(CN3CCN(Cc4ccc5c(c4)CCO5)CC3)cs2)cc1. The van der Waals surface area contributed by atoms with Crippen molar-refractivity contribution in [2.45, 2.75) is 19.5 Å². The van der Waals surface area contributed by atoms with Crippen LogP contribution in [0, 0.1) is 0 Å². The van der Waals surface area contributed by atoms with Gasteiger partial charge in [-0.3, -0.25) is 9.80 Å². The molecule has 0 amide bonds. The average Bonchev–Trinajstić information content (AvgIpc) is 3.44. The first kappa shape index (κ1) is 19.5. The van der Waals surface area contributed by atoms with Gasteiger partial charge >= 0.3 is 0 Å². The number of rotatable bonds is 6. The summed E-state index contributed by atoms with van der Waals surface area (Å²) in [4.78, 5) is 9.93. The fraction of sp³-hybridized carbons (Fsp3) is 0.375. The second-order valence-electron chi connectivity index (χ2n) is 7.97. The van der Waals surface area contributed by atoms with Gasteiger partial charge in [-0.2, -0.15) is 0 Å². The molecule has 0 atom stereocenters. The van der Waals surface area contributed by atoms with Crippen molar-refractivity contribution in [2.75, 3.05) is 39.9 Å². The van der Waals surface area contributed by atoms with Crippen LogP contribution in [-0.2, 0) is 19.5 Å². The van der Waals surface area contributed by atoms with Crippen LogP contribution in [-0.4, -0.2) is 54.7 Å². The minimum atomic E-state index is 0.828. The average molecular weight is 422 g/mol. The van der Waals surface area contributed by atoms with Gasteiger partial charge in [-0.05, 0) is 41.5 Å². The van der Waals surface area contributed by atoms with Gasteiger partial charge in [0.1, 0.15) is 16.5 Å². The molecule has 1 fully saturated rings. The Kier molecular flexibility index (Phi) is 5.71. The van der Waals surface area contributed by atoms with Crippen molar-refractivity contribution in [2.24, 2.45) is 0 Å². The largest absolute Gasteiger partial charge is 0.497 e. The zero-order valence-electron chi connectivity index (χ0n) is 17.3. The lowest BCUT2D eigenvalue weighted by Gasteiger charge is -2.34. The molecule has 0 bridgehead atoms. The van der Waals surface area contributed by atoms with Crippen molar-refractivity contribution in [1.29, 1.82) is 0 Å². The van der Waals surface area contributed by atoms with Gasteiger partial charge in [0.2, 0.25) is 0 Å². The van der Waals surface area contributed by atoms with Crippen LogP contribution in [0.25, 0.3) is 10.6 Å². The summed E-state index contributed by atoms with van der Waals surface area (Å²) in [6, 6.07) is 14.8. The van der Waals surface area contributed by atoms with Crippen LogP contribution in [0.2, 0.25) is 0 Å². The fourth-order valence-corrected chi connectivity index (χ4v) is 4.99. The Morgan fingerprint density at radius 3 is 2.53 bits per heavy atom. The molecule has 0 saturated carbocycles. The molecule has 156 valence electrons. The summed E-state index contributed by atoms with van der Waals surface area (Å²) < 4.78 is 10.9. The van der Waals surface area contributed by atoms with Crippen molar-refractivity contribution in [3.63, 3.8) is 0 Å². The van der Waals surface area contributed by atoms with Gasteiger partial charge in [0.25, 0.3) is 0 Å². The Bertz CT molecular complexity index is 994. The van der Waals surface area contributed by atoms with Crippen LogP contribution >= 0.6 is 11.3 Å². The number of methoxy groups -OCH3 is 1. The molecule has 1 saturated heterocycles. The molecule has 0 radical (unpaired) electrons. The van der Waals surface area contributed by atoms with Crippen LogP contribution in [0.1, 0.15) is 16.8 Å². The van der Waals surface area contributed by atoms with Crippen molar-refractivity contribution in [1.82, 2.24) is 14.8 Å². The first-order valence-corrected chi connectivity index (χ1v) is 11.4. The van der Waals surface area contributed by atoms with E-state index in [-0.39, 0.29) is 0 Å². The van der Waals surface area contributed by atoms with E-state index in [1.165, 1.54) is 11.1 Å². The molecule has 0 N–H and O–H groups in total. The monoisotopic (exact) mass is 421 g/mol. The predicted molar refractivity (Wildman–Crippen MR) is 120 cm³/mol. The van der Waals surface area contributed by atoms with Crippen LogP contribution in [0.15, 0.2) is 47.8 Å². The lowest BCUT2D eigenvalue weighted by Crippen LogP contribution is -2.45. The smallest absolute Gasteiger partial charge is 0.123 e. The first-order valence-electron chi connectivity index (χ1n) is 10.5. The molecule has 6 heteroatoms. The third kappa shape index (κ3) is 4.36. The molecule has 2 aliphatic rings. The van der Waals surface area contributed by atoms with Crippen LogP contribution in [0.4, 0.5) is 0 Å². The van der Waals surface area contributed by atoms with Crippen LogP contribution in [0.3, 0.4) is 0 Å². The highest BCUT2D eigenvalue weighted by Crippen LogP contribution is 2.28. The summed E-state index contributed by atoms with van der Waals surface area (Å²) in [5.74, 6) is 1.95. The topological polar surface area (TPSA) is 37.8 Å². The Labute approximate surface area is 181 Å². The van der Waals surface area contributed by atoms with Crippen LogP contribution in [0.5, 0.6) is 11.5 Å². The predicted octanol–water partition coefficient (Wildman–Crippen LogP) is 4.07. The van der Waals surface area contributed by atoms with Gasteiger partial charge in [-0.1, -0.05) is 12.1 Å².